The second-order valence-corrected chi connectivity index (χ2v) is 3.27. The zero-order valence-corrected chi connectivity index (χ0v) is 8.33. The predicted octanol–water partition coefficient (Wildman–Crippen LogP) is 1.75. The molecule has 0 spiro atoms. The highest BCUT2D eigenvalue weighted by molar-refractivity contribution is 4.93. The summed E-state index contributed by atoms with van der Waals surface area (Å²) in [7, 11) is 0. The van der Waals surface area contributed by atoms with E-state index in [1.165, 1.54) is 12.8 Å². The topological polar surface area (TPSA) is 37.8 Å². The third-order valence-electron chi connectivity index (χ3n) is 1.97. The minimum absolute atomic E-state index is 0.562. The van der Waals surface area contributed by atoms with Crippen LogP contribution in [0.4, 0.5) is 0 Å². The average molecular weight is 179 g/mol. The van der Waals surface area contributed by atoms with Crippen LogP contribution < -0.4 is 5.32 Å². The lowest BCUT2D eigenvalue weighted by atomic mass is 10.2. The van der Waals surface area contributed by atoms with Crippen LogP contribution in [0.1, 0.15) is 32.4 Å². The lowest BCUT2D eigenvalue weighted by Crippen LogP contribution is -2.25. The Bertz CT molecular complexity index is 223. The van der Waals surface area contributed by atoms with Crippen molar-refractivity contribution in [1.82, 2.24) is 15.3 Å². The monoisotopic (exact) mass is 179 g/mol. The number of rotatable bonds is 5. The fourth-order valence-electron chi connectivity index (χ4n) is 1.24. The standard InChI is InChI=1S/C10H17N3/c1-3-4-9(2)13-8-10-7-11-5-6-12-10/h5-7,9,13H,3-4,8H2,1-2H3. The molecule has 1 heterocycles. The molecule has 0 aromatic carbocycles. The number of nitrogens with one attached hydrogen (secondary N) is 1. The van der Waals surface area contributed by atoms with Gasteiger partial charge in [-0.25, -0.2) is 0 Å². The van der Waals surface area contributed by atoms with Gasteiger partial charge in [0.15, 0.2) is 0 Å². The summed E-state index contributed by atoms with van der Waals surface area (Å²) >= 11 is 0. The fraction of sp³-hybridized carbons (Fsp3) is 0.600. The van der Waals surface area contributed by atoms with Crippen molar-refractivity contribution in [2.75, 3.05) is 0 Å². The molecular formula is C10H17N3. The molecule has 0 saturated carbocycles. The molecule has 0 aliphatic rings. The summed E-state index contributed by atoms with van der Waals surface area (Å²) < 4.78 is 0. The van der Waals surface area contributed by atoms with E-state index in [0.29, 0.717) is 6.04 Å². The van der Waals surface area contributed by atoms with Crippen molar-refractivity contribution < 1.29 is 0 Å². The van der Waals surface area contributed by atoms with Gasteiger partial charge >= 0.3 is 0 Å². The smallest absolute Gasteiger partial charge is 0.0724 e. The number of nitrogens with zero attached hydrogens (tertiary/aromatic N) is 2. The Balaban J connectivity index is 2.27. The average Bonchev–Trinajstić information content (AvgIpc) is 2.17. The lowest BCUT2D eigenvalue weighted by molar-refractivity contribution is 0.504. The van der Waals surface area contributed by atoms with Crippen LogP contribution in [0.3, 0.4) is 0 Å². The molecule has 0 fully saturated rings. The van der Waals surface area contributed by atoms with Gasteiger partial charge < -0.3 is 5.32 Å². The van der Waals surface area contributed by atoms with Crippen molar-refractivity contribution in [3.05, 3.63) is 24.3 Å². The largest absolute Gasteiger partial charge is 0.309 e. The molecule has 1 aromatic heterocycles. The molecule has 0 amide bonds. The van der Waals surface area contributed by atoms with Crippen molar-refractivity contribution in [2.24, 2.45) is 0 Å². The van der Waals surface area contributed by atoms with Crippen molar-refractivity contribution >= 4 is 0 Å². The van der Waals surface area contributed by atoms with E-state index >= 15 is 0 Å². The summed E-state index contributed by atoms with van der Waals surface area (Å²) in [5.41, 5.74) is 1.01. The molecule has 0 aliphatic heterocycles. The Kier molecular flexibility index (Phi) is 4.40. The van der Waals surface area contributed by atoms with Gasteiger partial charge in [-0.15, -0.1) is 0 Å². The molecule has 13 heavy (non-hydrogen) atoms. The van der Waals surface area contributed by atoms with Crippen LogP contribution >= 0.6 is 0 Å². The maximum absolute atomic E-state index is 4.19. The first-order valence-electron chi connectivity index (χ1n) is 4.81. The Hall–Kier alpha value is -0.960. The first-order valence-corrected chi connectivity index (χ1v) is 4.81. The van der Waals surface area contributed by atoms with Gasteiger partial charge in [0, 0.05) is 31.2 Å². The van der Waals surface area contributed by atoms with E-state index in [9.17, 15) is 0 Å². The predicted molar refractivity (Wildman–Crippen MR) is 53.2 cm³/mol. The molecule has 1 aromatic rings. The summed E-state index contributed by atoms with van der Waals surface area (Å²) in [5, 5.41) is 3.40. The van der Waals surface area contributed by atoms with Gasteiger partial charge in [-0.3, -0.25) is 9.97 Å². The highest BCUT2D eigenvalue weighted by Gasteiger charge is 1.99. The molecule has 0 bridgehead atoms. The molecule has 0 radical (unpaired) electrons. The van der Waals surface area contributed by atoms with E-state index in [-0.39, 0.29) is 0 Å². The van der Waals surface area contributed by atoms with Crippen LogP contribution in [-0.4, -0.2) is 16.0 Å². The first kappa shape index (κ1) is 10.1. The third kappa shape index (κ3) is 3.99. The van der Waals surface area contributed by atoms with Crippen LogP contribution in [-0.2, 0) is 6.54 Å². The first-order chi connectivity index (χ1) is 6.33. The van der Waals surface area contributed by atoms with E-state index in [2.05, 4.69) is 29.1 Å². The van der Waals surface area contributed by atoms with Crippen LogP contribution in [0.15, 0.2) is 18.6 Å². The van der Waals surface area contributed by atoms with E-state index in [0.717, 1.165) is 12.2 Å². The zero-order valence-electron chi connectivity index (χ0n) is 8.33. The van der Waals surface area contributed by atoms with Gasteiger partial charge in [-0.05, 0) is 13.3 Å². The highest BCUT2D eigenvalue weighted by Crippen LogP contribution is 1.96. The number of hydrogen-bond donors (Lipinski definition) is 1. The van der Waals surface area contributed by atoms with Crippen molar-refractivity contribution in [3.8, 4) is 0 Å². The van der Waals surface area contributed by atoms with Crippen molar-refractivity contribution in [2.45, 2.75) is 39.3 Å². The second-order valence-electron chi connectivity index (χ2n) is 3.27. The normalized spacial score (nSPS) is 12.8. The van der Waals surface area contributed by atoms with Gasteiger partial charge in [0.2, 0.25) is 0 Å². The molecule has 0 aliphatic carbocycles. The van der Waals surface area contributed by atoms with Crippen LogP contribution in [0, 0.1) is 0 Å². The Morgan fingerprint density at radius 2 is 2.31 bits per heavy atom. The van der Waals surface area contributed by atoms with Crippen molar-refractivity contribution in [3.63, 3.8) is 0 Å². The molecule has 0 saturated heterocycles. The Labute approximate surface area is 79.6 Å². The molecule has 72 valence electrons. The molecule has 3 nitrogen and oxygen atoms in total. The van der Waals surface area contributed by atoms with Gasteiger partial charge in [-0.1, -0.05) is 13.3 Å². The molecule has 3 heteroatoms. The van der Waals surface area contributed by atoms with Gasteiger partial charge in [0.25, 0.3) is 0 Å². The highest BCUT2D eigenvalue weighted by atomic mass is 14.9. The Morgan fingerprint density at radius 1 is 1.46 bits per heavy atom. The molecule has 1 atom stereocenters. The summed E-state index contributed by atoms with van der Waals surface area (Å²) in [5.74, 6) is 0. The van der Waals surface area contributed by atoms with Crippen LogP contribution in [0.5, 0.6) is 0 Å². The van der Waals surface area contributed by atoms with Crippen molar-refractivity contribution in [1.29, 1.82) is 0 Å². The molecule has 1 N–H and O–H groups in total. The maximum atomic E-state index is 4.19. The van der Waals surface area contributed by atoms with E-state index in [1.807, 2.05) is 0 Å². The molecular weight excluding hydrogens is 162 g/mol. The van der Waals surface area contributed by atoms with Gasteiger partial charge in [0.05, 0.1) is 5.69 Å². The van der Waals surface area contributed by atoms with E-state index in [1.54, 1.807) is 18.6 Å². The van der Waals surface area contributed by atoms with Crippen LogP contribution in [0.2, 0.25) is 0 Å². The van der Waals surface area contributed by atoms with E-state index in [4.69, 9.17) is 0 Å². The third-order valence-corrected chi connectivity index (χ3v) is 1.97. The Morgan fingerprint density at radius 3 is 2.92 bits per heavy atom. The number of aromatic nitrogens is 2. The quantitative estimate of drug-likeness (QED) is 0.748. The summed E-state index contributed by atoms with van der Waals surface area (Å²) in [6.07, 6.45) is 7.64. The summed E-state index contributed by atoms with van der Waals surface area (Å²) in [6.45, 7) is 5.20. The second kappa shape index (κ2) is 5.65. The van der Waals surface area contributed by atoms with Crippen LogP contribution in [0.25, 0.3) is 0 Å². The minimum atomic E-state index is 0.562. The molecule has 1 unspecified atom stereocenters. The minimum Gasteiger partial charge on any atom is -0.309 e. The van der Waals surface area contributed by atoms with Gasteiger partial charge in [0.1, 0.15) is 0 Å². The SMILES string of the molecule is CCCC(C)NCc1cnccn1. The van der Waals surface area contributed by atoms with E-state index < -0.39 is 0 Å². The maximum Gasteiger partial charge on any atom is 0.0724 e. The summed E-state index contributed by atoms with van der Waals surface area (Å²) in [6, 6.07) is 0.562. The summed E-state index contributed by atoms with van der Waals surface area (Å²) in [4.78, 5) is 8.19. The number of hydrogen-bond acceptors (Lipinski definition) is 3. The fourth-order valence-corrected chi connectivity index (χ4v) is 1.24. The van der Waals surface area contributed by atoms with Gasteiger partial charge in [-0.2, -0.15) is 0 Å². The molecule has 1 rings (SSSR count). The lowest BCUT2D eigenvalue weighted by Gasteiger charge is -2.11. The zero-order chi connectivity index (χ0) is 9.52.